The molecule has 3 rings (SSSR count). The molecule has 3 atom stereocenters. The number of amides is 3. The van der Waals surface area contributed by atoms with Gasteiger partial charge in [0.15, 0.2) is 0 Å². The van der Waals surface area contributed by atoms with Gasteiger partial charge in [-0.2, -0.15) is 0 Å². The number of rotatable bonds is 10. The maximum Gasteiger partial charge on any atom is 0.408 e. The molecule has 1 aliphatic carbocycles. The highest BCUT2D eigenvalue weighted by Crippen LogP contribution is 2.41. The van der Waals surface area contributed by atoms with E-state index in [9.17, 15) is 19.2 Å². The molecule has 1 heterocycles. The molecule has 3 amide bonds. The lowest BCUT2D eigenvalue weighted by molar-refractivity contribution is -0.130. The van der Waals surface area contributed by atoms with Crippen LogP contribution in [-0.2, 0) is 25.7 Å². The molecular formula is C26H37N3O5. The van der Waals surface area contributed by atoms with E-state index in [2.05, 4.69) is 16.0 Å². The third-order valence-electron chi connectivity index (χ3n) is 7.33. The van der Waals surface area contributed by atoms with Gasteiger partial charge >= 0.3 is 6.09 Å². The van der Waals surface area contributed by atoms with Crippen molar-refractivity contribution in [3.05, 3.63) is 35.9 Å². The van der Waals surface area contributed by atoms with Gasteiger partial charge in [-0.05, 0) is 42.6 Å². The second kappa shape index (κ2) is 12.0. The van der Waals surface area contributed by atoms with Gasteiger partial charge < -0.3 is 25.5 Å². The fraction of sp³-hybridized carbons (Fsp3) is 0.615. The van der Waals surface area contributed by atoms with E-state index in [0.29, 0.717) is 19.3 Å². The highest BCUT2D eigenvalue weighted by atomic mass is 16.5. The number of hydrogen-bond donors (Lipinski definition) is 3. The van der Waals surface area contributed by atoms with Crippen LogP contribution < -0.4 is 16.0 Å². The Balaban J connectivity index is 1.70. The fourth-order valence-corrected chi connectivity index (χ4v) is 5.15. The number of alkyl carbamates (subject to hydrolysis) is 1. The minimum Gasteiger partial charge on any atom is -0.445 e. The van der Waals surface area contributed by atoms with Crippen molar-refractivity contribution in [2.24, 2.45) is 17.3 Å². The molecule has 3 N–H and O–H groups in total. The normalized spacial score (nSPS) is 20.6. The zero-order valence-corrected chi connectivity index (χ0v) is 20.2. The first kappa shape index (κ1) is 25.7. The number of aldehydes is 1. The van der Waals surface area contributed by atoms with Gasteiger partial charge in [-0.25, -0.2) is 4.79 Å². The molecule has 1 aliphatic heterocycles. The molecule has 0 spiro atoms. The predicted octanol–water partition coefficient (Wildman–Crippen LogP) is 3.10. The standard InChI is InChI=1S/C26H37N3O5/c1-26(2,20-11-7-4-8-12-20)22(29-25(33)34-17-18-9-5-3-6-10-18)24(32)28-21(16-30)15-19-13-14-27-23(19)31/h3,5-6,9-10,16,19-22H,4,7-8,11-15,17H2,1-2H3,(H,27,31)(H,28,32)(H,29,33)/t19-,21-,22?/m0/s1. The SMILES string of the molecule is CC(C)(C1CCCCC1)C(NC(=O)OCc1ccccc1)C(=O)N[C@H](C=O)C[C@@H]1CCNC1=O. The summed E-state index contributed by atoms with van der Waals surface area (Å²) in [6, 6.07) is 7.66. The summed E-state index contributed by atoms with van der Waals surface area (Å²) in [6.45, 7) is 4.66. The van der Waals surface area contributed by atoms with Crippen molar-refractivity contribution >= 4 is 24.2 Å². The van der Waals surface area contributed by atoms with E-state index in [1.54, 1.807) is 0 Å². The lowest BCUT2D eigenvalue weighted by atomic mass is 9.66. The molecule has 2 aliphatic rings. The molecular weight excluding hydrogens is 434 g/mol. The van der Waals surface area contributed by atoms with Crippen LogP contribution in [0.3, 0.4) is 0 Å². The van der Waals surface area contributed by atoms with Gasteiger partial charge in [0.25, 0.3) is 0 Å². The molecule has 34 heavy (non-hydrogen) atoms. The molecule has 0 bridgehead atoms. The van der Waals surface area contributed by atoms with Crippen molar-refractivity contribution in [1.29, 1.82) is 0 Å². The summed E-state index contributed by atoms with van der Waals surface area (Å²) in [4.78, 5) is 49.8. The maximum absolute atomic E-state index is 13.4. The third kappa shape index (κ3) is 6.81. The highest BCUT2D eigenvalue weighted by Gasteiger charge is 2.43. The molecule has 8 heteroatoms. The van der Waals surface area contributed by atoms with E-state index in [-0.39, 0.29) is 30.8 Å². The Labute approximate surface area is 201 Å². The molecule has 1 saturated heterocycles. The van der Waals surface area contributed by atoms with Crippen molar-refractivity contribution < 1.29 is 23.9 Å². The van der Waals surface area contributed by atoms with Gasteiger partial charge in [0.1, 0.15) is 18.9 Å². The largest absolute Gasteiger partial charge is 0.445 e. The number of carbonyl (C=O) groups excluding carboxylic acids is 4. The van der Waals surface area contributed by atoms with Crippen molar-refractivity contribution in [3.63, 3.8) is 0 Å². The second-order valence-electron chi connectivity index (χ2n) is 10.1. The lowest BCUT2D eigenvalue weighted by Crippen LogP contribution is -2.58. The molecule has 0 aromatic heterocycles. The van der Waals surface area contributed by atoms with Gasteiger partial charge in [0.2, 0.25) is 11.8 Å². The van der Waals surface area contributed by atoms with E-state index in [1.807, 2.05) is 44.2 Å². The van der Waals surface area contributed by atoms with Crippen molar-refractivity contribution in [2.75, 3.05) is 6.54 Å². The van der Waals surface area contributed by atoms with Gasteiger partial charge in [-0.1, -0.05) is 63.4 Å². The van der Waals surface area contributed by atoms with Crippen molar-refractivity contribution in [1.82, 2.24) is 16.0 Å². The quantitative estimate of drug-likeness (QED) is 0.454. The summed E-state index contributed by atoms with van der Waals surface area (Å²) in [5, 5.41) is 8.32. The summed E-state index contributed by atoms with van der Waals surface area (Å²) in [5.74, 6) is -0.573. The Hall–Kier alpha value is -2.90. The van der Waals surface area contributed by atoms with E-state index < -0.39 is 29.5 Å². The third-order valence-corrected chi connectivity index (χ3v) is 7.33. The fourth-order valence-electron chi connectivity index (χ4n) is 5.15. The average Bonchev–Trinajstić information content (AvgIpc) is 3.25. The number of hydrogen-bond acceptors (Lipinski definition) is 5. The van der Waals surface area contributed by atoms with Crippen LogP contribution in [0, 0.1) is 17.3 Å². The Morgan fingerprint density at radius 2 is 1.82 bits per heavy atom. The second-order valence-corrected chi connectivity index (χ2v) is 10.1. The smallest absolute Gasteiger partial charge is 0.408 e. The first-order valence-electron chi connectivity index (χ1n) is 12.3. The topological polar surface area (TPSA) is 114 Å². The van der Waals surface area contributed by atoms with Crippen LogP contribution in [0.4, 0.5) is 4.79 Å². The molecule has 1 aromatic rings. The van der Waals surface area contributed by atoms with Crippen LogP contribution in [0.2, 0.25) is 0 Å². The Kier molecular flexibility index (Phi) is 9.07. The van der Waals surface area contributed by atoms with Gasteiger partial charge in [0, 0.05) is 12.5 Å². The van der Waals surface area contributed by atoms with Gasteiger partial charge in [-0.15, -0.1) is 0 Å². The highest BCUT2D eigenvalue weighted by molar-refractivity contribution is 5.88. The Bertz CT molecular complexity index is 851. The molecule has 2 fully saturated rings. The van der Waals surface area contributed by atoms with E-state index in [0.717, 1.165) is 31.2 Å². The first-order chi connectivity index (χ1) is 16.3. The average molecular weight is 472 g/mol. The van der Waals surface area contributed by atoms with Crippen LogP contribution in [-0.4, -0.2) is 42.8 Å². The van der Waals surface area contributed by atoms with Gasteiger partial charge in [0.05, 0.1) is 6.04 Å². The summed E-state index contributed by atoms with van der Waals surface area (Å²) in [7, 11) is 0. The maximum atomic E-state index is 13.4. The first-order valence-corrected chi connectivity index (χ1v) is 12.3. The van der Waals surface area contributed by atoms with Crippen LogP contribution in [0.15, 0.2) is 30.3 Å². The van der Waals surface area contributed by atoms with E-state index in [4.69, 9.17) is 4.74 Å². The Morgan fingerprint density at radius 1 is 1.12 bits per heavy atom. The number of carbonyl (C=O) groups is 4. The summed E-state index contributed by atoms with van der Waals surface area (Å²) in [6.07, 6.45) is 6.20. The molecule has 1 aromatic carbocycles. The summed E-state index contributed by atoms with van der Waals surface area (Å²) >= 11 is 0. The molecule has 186 valence electrons. The molecule has 0 radical (unpaired) electrons. The monoisotopic (exact) mass is 471 g/mol. The minimum absolute atomic E-state index is 0.0946. The van der Waals surface area contributed by atoms with Crippen molar-refractivity contribution in [2.45, 2.75) is 77.5 Å². The molecule has 8 nitrogen and oxygen atoms in total. The van der Waals surface area contributed by atoms with Crippen LogP contribution in [0.5, 0.6) is 0 Å². The van der Waals surface area contributed by atoms with E-state index in [1.165, 1.54) is 6.42 Å². The Morgan fingerprint density at radius 3 is 2.44 bits per heavy atom. The number of nitrogens with one attached hydrogen (secondary N) is 3. The molecule has 1 saturated carbocycles. The number of ether oxygens (including phenoxy) is 1. The van der Waals surface area contributed by atoms with Crippen molar-refractivity contribution in [3.8, 4) is 0 Å². The number of benzene rings is 1. The zero-order chi connectivity index (χ0) is 24.6. The molecule has 1 unspecified atom stereocenters. The van der Waals surface area contributed by atoms with Crippen LogP contribution >= 0.6 is 0 Å². The van der Waals surface area contributed by atoms with Crippen LogP contribution in [0.1, 0.15) is 64.4 Å². The summed E-state index contributed by atoms with van der Waals surface area (Å²) < 4.78 is 5.39. The minimum atomic E-state index is -0.876. The lowest BCUT2D eigenvalue weighted by Gasteiger charge is -2.42. The zero-order valence-electron chi connectivity index (χ0n) is 20.2. The van der Waals surface area contributed by atoms with Gasteiger partial charge in [-0.3, -0.25) is 9.59 Å². The summed E-state index contributed by atoms with van der Waals surface area (Å²) in [5.41, 5.74) is 0.301. The predicted molar refractivity (Wildman–Crippen MR) is 128 cm³/mol. The van der Waals surface area contributed by atoms with E-state index >= 15 is 0 Å². The van der Waals surface area contributed by atoms with Crippen LogP contribution in [0.25, 0.3) is 0 Å².